The second kappa shape index (κ2) is 18.9. The Balaban J connectivity index is 1.16. The van der Waals surface area contributed by atoms with E-state index in [4.69, 9.17) is 0 Å². The molecule has 0 saturated heterocycles. The maximum Gasteiger partial charge on any atom is 0.0356 e. The maximum atomic E-state index is 2.54. The average molecular weight is 783 g/mol. The Morgan fingerprint density at radius 3 is 1.28 bits per heavy atom. The Bertz CT molecular complexity index is 2460. The molecule has 0 heteroatoms. The van der Waals surface area contributed by atoms with Crippen molar-refractivity contribution < 1.29 is 0 Å². The van der Waals surface area contributed by atoms with Gasteiger partial charge in [-0.25, -0.2) is 0 Å². The molecule has 0 nitrogen and oxygen atoms in total. The summed E-state index contributed by atoms with van der Waals surface area (Å²) in [7, 11) is 0. The van der Waals surface area contributed by atoms with Gasteiger partial charge < -0.3 is 0 Å². The van der Waals surface area contributed by atoms with Crippen molar-refractivity contribution in [2.45, 2.75) is 116 Å². The minimum Gasteiger partial charge on any atom is -0.0654 e. The van der Waals surface area contributed by atoms with Crippen LogP contribution in [0, 0.1) is 0 Å². The van der Waals surface area contributed by atoms with Gasteiger partial charge in [0.25, 0.3) is 0 Å². The van der Waals surface area contributed by atoms with Gasteiger partial charge in [0.05, 0.1) is 0 Å². The second-order valence-electron chi connectivity index (χ2n) is 17.7. The van der Waals surface area contributed by atoms with Gasteiger partial charge in [0.1, 0.15) is 0 Å². The standard InChI is InChI=1S/C60H62/c1-3-5-7-9-11-14-24-43-26-22-30-46(38-43)48-40-49(47-31-23-27-44(39-47)25-15-12-10-8-6-4-2)42-50(41-48)58-54-35-21-19-33-52(54)56-37-36-55-51-32-18-20-34-53(51)57(59(55)60(56)58)45-28-16-13-17-29-45/h13,16-23,26-42,57-58H,3-12,14-15,24-25H2,1-2H3. The SMILES string of the molecule is CCCCCCCCc1cccc(-c2cc(-c3cccc(CCCCCCCC)c3)cc(C3c4ccccc4-c4ccc5c(c43)C(c3ccccc3)c3ccccc3-5)c2)c1. The molecule has 0 bridgehead atoms. The van der Waals surface area contributed by atoms with E-state index in [0.717, 1.165) is 12.8 Å². The molecular formula is C60H62. The zero-order valence-corrected chi connectivity index (χ0v) is 36.1. The molecule has 7 aromatic rings. The third-order valence-electron chi connectivity index (χ3n) is 13.6. The molecule has 0 aliphatic heterocycles. The van der Waals surface area contributed by atoms with E-state index in [-0.39, 0.29) is 11.8 Å². The van der Waals surface area contributed by atoms with Crippen molar-refractivity contribution in [1.82, 2.24) is 0 Å². The first-order chi connectivity index (χ1) is 29.7. The highest BCUT2D eigenvalue weighted by molar-refractivity contribution is 5.91. The Labute approximate surface area is 360 Å². The molecule has 0 saturated carbocycles. The summed E-state index contributed by atoms with van der Waals surface area (Å²) in [5, 5.41) is 0. The lowest BCUT2D eigenvalue weighted by molar-refractivity contribution is 0.607. The summed E-state index contributed by atoms with van der Waals surface area (Å²) in [6.45, 7) is 4.60. The third kappa shape index (κ3) is 8.32. The van der Waals surface area contributed by atoms with Gasteiger partial charge in [0.2, 0.25) is 0 Å². The van der Waals surface area contributed by atoms with Gasteiger partial charge in [-0.1, -0.05) is 230 Å². The third-order valence-corrected chi connectivity index (χ3v) is 13.6. The lowest BCUT2D eigenvalue weighted by atomic mass is 9.79. The summed E-state index contributed by atoms with van der Waals surface area (Å²) in [6.07, 6.45) is 18.2. The van der Waals surface area contributed by atoms with Crippen LogP contribution in [0.15, 0.2) is 158 Å². The van der Waals surface area contributed by atoms with Crippen LogP contribution in [0.3, 0.4) is 0 Å². The number of unbranched alkanes of at least 4 members (excludes halogenated alkanes) is 10. The number of rotatable bonds is 18. The van der Waals surface area contributed by atoms with Crippen molar-refractivity contribution in [2.24, 2.45) is 0 Å². The minimum absolute atomic E-state index is 0.114. The first kappa shape index (κ1) is 40.0. The van der Waals surface area contributed by atoms with E-state index < -0.39 is 0 Å². The second-order valence-corrected chi connectivity index (χ2v) is 17.7. The van der Waals surface area contributed by atoms with E-state index in [1.807, 2.05) is 0 Å². The molecular weight excluding hydrogens is 721 g/mol. The molecule has 2 aliphatic rings. The van der Waals surface area contributed by atoms with Crippen LogP contribution in [0.5, 0.6) is 0 Å². The van der Waals surface area contributed by atoms with E-state index in [9.17, 15) is 0 Å². The molecule has 2 unspecified atom stereocenters. The summed E-state index contributed by atoms with van der Waals surface area (Å²) in [6, 6.07) is 61.0. The molecule has 9 rings (SSSR count). The van der Waals surface area contributed by atoms with E-state index in [1.54, 1.807) is 0 Å². The van der Waals surface area contributed by atoms with Crippen molar-refractivity contribution in [3.63, 3.8) is 0 Å². The molecule has 0 heterocycles. The Kier molecular flexibility index (Phi) is 12.6. The molecule has 302 valence electrons. The Hall–Kier alpha value is -5.46. The van der Waals surface area contributed by atoms with Gasteiger partial charge in [-0.05, 0) is 121 Å². The van der Waals surface area contributed by atoms with Gasteiger partial charge in [-0.2, -0.15) is 0 Å². The molecule has 0 amide bonds. The van der Waals surface area contributed by atoms with Crippen molar-refractivity contribution in [3.8, 4) is 44.5 Å². The fourth-order valence-electron chi connectivity index (χ4n) is 10.5. The highest BCUT2D eigenvalue weighted by atomic mass is 14.4. The van der Waals surface area contributed by atoms with Crippen molar-refractivity contribution >= 4 is 0 Å². The molecule has 60 heavy (non-hydrogen) atoms. The topological polar surface area (TPSA) is 0 Å². The predicted octanol–water partition coefficient (Wildman–Crippen LogP) is 17.1. The molecule has 7 aromatic carbocycles. The number of hydrogen-bond donors (Lipinski definition) is 0. The van der Waals surface area contributed by atoms with Gasteiger partial charge in [0.15, 0.2) is 0 Å². The lowest BCUT2D eigenvalue weighted by Gasteiger charge is -2.24. The van der Waals surface area contributed by atoms with Crippen LogP contribution in [-0.4, -0.2) is 0 Å². The average Bonchev–Trinajstić information content (AvgIpc) is 3.82. The quantitative estimate of drug-likeness (QED) is 0.0761. The first-order valence-corrected chi connectivity index (χ1v) is 23.5. The number of fused-ring (bicyclic) bond motifs is 7. The van der Waals surface area contributed by atoms with E-state index in [0.29, 0.717) is 0 Å². The fourth-order valence-corrected chi connectivity index (χ4v) is 10.5. The molecule has 0 spiro atoms. The van der Waals surface area contributed by atoms with Crippen LogP contribution in [0.4, 0.5) is 0 Å². The molecule has 0 radical (unpaired) electrons. The van der Waals surface area contributed by atoms with Crippen LogP contribution >= 0.6 is 0 Å². The normalized spacial score (nSPS) is 14.8. The maximum absolute atomic E-state index is 2.54. The van der Waals surface area contributed by atoms with Gasteiger partial charge >= 0.3 is 0 Å². The molecule has 0 aromatic heterocycles. The molecule has 0 fully saturated rings. The van der Waals surface area contributed by atoms with E-state index in [2.05, 4.69) is 172 Å². The number of aryl methyl sites for hydroxylation is 2. The number of benzene rings is 7. The molecule has 2 aliphatic carbocycles. The Morgan fingerprint density at radius 2 is 0.767 bits per heavy atom. The summed E-state index contributed by atoms with van der Waals surface area (Å²) in [5.74, 6) is 0.298. The van der Waals surface area contributed by atoms with Crippen LogP contribution in [0.1, 0.15) is 147 Å². The van der Waals surface area contributed by atoms with Crippen LogP contribution < -0.4 is 0 Å². The summed E-state index contributed by atoms with van der Waals surface area (Å²) in [5.41, 5.74) is 22.2. The van der Waals surface area contributed by atoms with Crippen molar-refractivity contribution in [2.75, 3.05) is 0 Å². The van der Waals surface area contributed by atoms with Crippen LogP contribution in [0.2, 0.25) is 0 Å². The monoisotopic (exact) mass is 782 g/mol. The van der Waals surface area contributed by atoms with E-state index in [1.165, 1.54) is 166 Å². The van der Waals surface area contributed by atoms with Crippen molar-refractivity contribution in [1.29, 1.82) is 0 Å². The summed E-state index contributed by atoms with van der Waals surface area (Å²) >= 11 is 0. The van der Waals surface area contributed by atoms with Crippen LogP contribution in [0.25, 0.3) is 44.5 Å². The highest BCUT2D eigenvalue weighted by Gasteiger charge is 2.40. The minimum atomic E-state index is 0.114. The van der Waals surface area contributed by atoms with Crippen LogP contribution in [-0.2, 0) is 12.8 Å². The highest BCUT2D eigenvalue weighted by Crippen LogP contribution is 2.58. The predicted molar refractivity (Wildman–Crippen MR) is 257 cm³/mol. The summed E-state index contributed by atoms with van der Waals surface area (Å²) < 4.78 is 0. The summed E-state index contributed by atoms with van der Waals surface area (Å²) in [4.78, 5) is 0. The molecule has 0 N–H and O–H groups in total. The van der Waals surface area contributed by atoms with Gasteiger partial charge in [0, 0.05) is 11.8 Å². The van der Waals surface area contributed by atoms with Gasteiger partial charge in [-0.3, -0.25) is 0 Å². The fraction of sp³-hybridized carbons (Fsp3) is 0.300. The first-order valence-electron chi connectivity index (χ1n) is 23.5. The van der Waals surface area contributed by atoms with E-state index >= 15 is 0 Å². The lowest BCUT2D eigenvalue weighted by Crippen LogP contribution is -2.08. The zero-order chi connectivity index (χ0) is 40.7. The smallest absolute Gasteiger partial charge is 0.0356 e. The zero-order valence-electron chi connectivity index (χ0n) is 36.1. The molecule has 2 atom stereocenters. The number of hydrogen-bond acceptors (Lipinski definition) is 0. The largest absolute Gasteiger partial charge is 0.0654 e. The van der Waals surface area contributed by atoms with Gasteiger partial charge in [-0.15, -0.1) is 0 Å². The van der Waals surface area contributed by atoms with Crippen molar-refractivity contribution in [3.05, 3.63) is 202 Å². The Morgan fingerprint density at radius 1 is 0.317 bits per heavy atom.